The summed E-state index contributed by atoms with van der Waals surface area (Å²) in [6.45, 7) is 8.94. The van der Waals surface area contributed by atoms with Crippen LogP contribution in [0.1, 0.15) is 43.0 Å². The van der Waals surface area contributed by atoms with Gasteiger partial charge in [-0.25, -0.2) is 8.42 Å². The van der Waals surface area contributed by atoms with Crippen LogP contribution in [0.25, 0.3) is 0 Å². The first-order valence-corrected chi connectivity index (χ1v) is 15.3. The molecule has 3 rings (SSSR count). The molecule has 0 saturated carbocycles. The summed E-state index contributed by atoms with van der Waals surface area (Å²) >= 11 is 6.31. The largest absolute Gasteiger partial charge is 0.350 e. The lowest BCUT2D eigenvalue weighted by Crippen LogP contribution is -2.56. The molecule has 0 radical (unpaired) electrons. The van der Waals surface area contributed by atoms with Crippen LogP contribution in [0.3, 0.4) is 0 Å². The Morgan fingerprint density at radius 1 is 0.925 bits per heavy atom. The molecule has 3 aromatic carbocycles. The maximum atomic E-state index is 14.2. The molecule has 0 heterocycles. The lowest BCUT2D eigenvalue weighted by molar-refractivity contribution is -0.140. The van der Waals surface area contributed by atoms with E-state index in [1.54, 1.807) is 25.1 Å². The summed E-state index contributed by atoms with van der Waals surface area (Å²) in [5.41, 5.74) is 3.02. The highest BCUT2D eigenvalue weighted by atomic mass is 35.5. The van der Waals surface area contributed by atoms with Gasteiger partial charge in [-0.3, -0.25) is 13.9 Å². The summed E-state index contributed by atoms with van der Waals surface area (Å²) in [6, 6.07) is 21.2. The van der Waals surface area contributed by atoms with Crippen molar-refractivity contribution in [3.8, 4) is 0 Å². The summed E-state index contributed by atoms with van der Waals surface area (Å²) < 4.78 is 27.0. The fourth-order valence-electron chi connectivity index (χ4n) is 4.44. The van der Waals surface area contributed by atoms with Gasteiger partial charge in [-0.15, -0.1) is 0 Å². The van der Waals surface area contributed by atoms with E-state index in [2.05, 4.69) is 5.32 Å². The number of sulfonamides is 1. The van der Waals surface area contributed by atoms with Gasteiger partial charge in [-0.2, -0.15) is 0 Å². The van der Waals surface area contributed by atoms with Gasteiger partial charge >= 0.3 is 0 Å². The van der Waals surface area contributed by atoms with Crippen molar-refractivity contribution in [2.75, 3.05) is 17.1 Å². The van der Waals surface area contributed by atoms with E-state index in [-0.39, 0.29) is 18.9 Å². The van der Waals surface area contributed by atoms with Gasteiger partial charge in [0.2, 0.25) is 21.8 Å². The molecule has 0 aromatic heterocycles. The van der Waals surface area contributed by atoms with Gasteiger partial charge in [0.25, 0.3) is 0 Å². The Hall–Kier alpha value is -3.36. The number of halogens is 1. The number of anilines is 1. The van der Waals surface area contributed by atoms with E-state index >= 15 is 0 Å². The molecular weight excluding hydrogens is 546 g/mol. The van der Waals surface area contributed by atoms with Gasteiger partial charge in [0.15, 0.2) is 0 Å². The van der Waals surface area contributed by atoms with Crippen LogP contribution in [-0.2, 0) is 32.6 Å². The van der Waals surface area contributed by atoms with Crippen LogP contribution >= 0.6 is 11.6 Å². The van der Waals surface area contributed by atoms with Crippen LogP contribution in [0.5, 0.6) is 0 Å². The number of benzene rings is 3. The first-order valence-electron chi connectivity index (χ1n) is 13.1. The number of carbonyl (C=O) groups excluding carboxylic acids is 2. The van der Waals surface area contributed by atoms with E-state index < -0.39 is 34.1 Å². The van der Waals surface area contributed by atoms with Crippen molar-refractivity contribution >= 4 is 39.1 Å². The minimum absolute atomic E-state index is 0.132. The summed E-state index contributed by atoms with van der Waals surface area (Å²) in [5.74, 6) is -0.818. The monoisotopic (exact) mass is 583 g/mol. The predicted octanol–water partition coefficient (Wildman–Crippen LogP) is 5.28. The zero-order chi connectivity index (χ0) is 29.7. The fourth-order valence-corrected chi connectivity index (χ4v) is 5.51. The molecule has 214 valence electrons. The molecule has 1 N–H and O–H groups in total. The molecule has 0 aliphatic rings. The highest BCUT2D eigenvalue weighted by molar-refractivity contribution is 7.92. The van der Waals surface area contributed by atoms with Crippen LogP contribution in [0.2, 0.25) is 5.02 Å². The summed E-state index contributed by atoms with van der Waals surface area (Å²) in [7, 11) is -3.87. The Morgan fingerprint density at radius 2 is 1.55 bits per heavy atom. The van der Waals surface area contributed by atoms with Crippen LogP contribution in [0.15, 0.2) is 72.8 Å². The van der Waals surface area contributed by atoms with Gasteiger partial charge in [-0.1, -0.05) is 72.3 Å². The minimum atomic E-state index is -3.87. The van der Waals surface area contributed by atoms with Crippen molar-refractivity contribution < 1.29 is 18.0 Å². The molecule has 9 heteroatoms. The van der Waals surface area contributed by atoms with Crippen molar-refractivity contribution in [3.63, 3.8) is 0 Å². The summed E-state index contributed by atoms with van der Waals surface area (Å²) in [6.07, 6.45) is 1.31. The van der Waals surface area contributed by atoms with E-state index in [0.29, 0.717) is 16.3 Å². The van der Waals surface area contributed by atoms with Gasteiger partial charge < -0.3 is 10.2 Å². The molecule has 1 atom stereocenters. The van der Waals surface area contributed by atoms with Crippen molar-refractivity contribution in [2.24, 2.45) is 0 Å². The second kappa shape index (κ2) is 12.9. The Labute approximate surface area is 243 Å². The number of nitrogens with zero attached hydrogens (tertiary/aromatic N) is 2. The molecule has 0 saturated heterocycles. The first-order chi connectivity index (χ1) is 18.7. The van der Waals surface area contributed by atoms with Crippen LogP contribution in [-0.4, -0.2) is 49.5 Å². The Morgan fingerprint density at radius 3 is 2.15 bits per heavy atom. The summed E-state index contributed by atoms with van der Waals surface area (Å²) in [4.78, 5) is 29.5. The fraction of sp³-hybridized carbons (Fsp3) is 0.355. The quantitative estimate of drug-likeness (QED) is 0.352. The molecule has 2 amide bonds. The number of hydrogen-bond acceptors (Lipinski definition) is 4. The predicted molar refractivity (Wildman–Crippen MR) is 162 cm³/mol. The Bertz CT molecular complexity index is 1450. The Kier molecular flexibility index (Phi) is 10.0. The molecule has 40 heavy (non-hydrogen) atoms. The van der Waals surface area contributed by atoms with Crippen molar-refractivity contribution in [1.29, 1.82) is 0 Å². The standard InChI is InChI=1S/C31H38ClN3O4S/c1-22-13-10-11-16-25(22)20-34(28(30(37)33-31(3,4)5)19-24-14-8-7-9-15-24)29(36)21-35(40(6,38)39)27-18-12-17-26(32)23(27)2/h7-18,28H,19-21H2,1-6H3,(H,33,37). The third kappa shape index (κ3) is 8.32. The molecule has 1 unspecified atom stereocenters. The van der Waals surface area contributed by atoms with Crippen LogP contribution in [0.4, 0.5) is 5.69 Å². The molecule has 0 aliphatic carbocycles. The lowest BCUT2D eigenvalue weighted by atomic mass is 10.00. The van der Waals surface area contributed by atoms with Gasteiger partial charge in [0.1, 0.15) is 12.6 Å². The normalized spacial score (nSPS) is 12.5. The van der Waals surface area contributed by atoms with Gasteiger partial charge in [-0.05, 0) is 69.0 Å². The highest BCUT2D eigenvalue weighted by Gasteiger charge is 2.34. The second-order valence-electron chi connectivity index (χ2n) is 11.0. The topological polar surface area (TPSA) is 86.8 Å². The molecule has 0 fully saturated rings. The third-order valence-electron chi connectivity index (χ3n) is 6.56. The number of rotatable bonds is 10. The van der Waals surface area contributed by atoms with Crippen LogP contribution < -0.4 is 9.62 Å². The van der Waals surface area contributed by atoms with Crippen molar-refractivity contribution in [3.05, 3.63) is 100 Å². The second-order valence-corrected chi connectivity index (χ2v) is 13.4. The van der Waals surface area contributed by atoms with Crippen LogP contribution in [0, 0.1) is 13.8 Å². The number of nitrogens with one attached hydrogen (secondary N) is 1. The van der Waals surface area contributed by atoms with E-state index in [1.807, 2.05) is 82.3 Å². The lowest BCUT2D eigenvalue weighted by Gasteiger charge is -2.35. The van der Waals surface area contributed by atoms with Gasteiger partial charge in [0, 0.05) is 23.5 Å². The highest BCUT2D eigenvalue weighted by Crippen LogP contribution is 2.29. The molecular formula is C31H38ClN3O4S. The SMILES string of the molecule is Cc1ccccc1CN(C(=O)CN(c1cccc(Cl)c1C)S(C)(=O)=O)C(Cc1ccccc1)C(=O)NC(C)(C)C. The Balaban J connectivity index is 2.11. The molecule has 0 aliphatic heterocycles. The number of hydrogen-bond donors (Lipinski definition) is 1. The molecule has 7 nitrogen and oxygen atoms in total. The zero-order valence-corrected chi connectivity index (χ0v) is 25.5. The maximum absolute atomic E-state index is 14.2. The molecule has 0 bridgehead atoms. The first kappa shape index (κ1) is 31.2. The number of amides is 2. The average molecular weight is 584 g/mol. The molecule has 3 aromatic rings. The number of carbonyl (C=O) groups is 2. The average Bonchev–Trinajstić information content (AvgIpc) is 2.86. The zero-order valence-electron chi connectivity index (χ0n) is 23.9. The maximum Gasteiger partial charge on any atom is 0.244 e. The molecule has 0 spiro atoms. The third-order valence-corrected chi connectivity index (χ3v) is 8.09. The van der Waals surface area contributed by atoms with E-state index in [9.17, 15) is 18.0 Å². The van der Waals surface area contributed by atoms with Crippen molar-refractivity contribution in [2.45, 2.75) is 59.2 Å². The van der Waals surface area contributed by atoms with E-state index in [1.165, 1.54) is 4.90 Å². The van der Waals surface area contributed by atoms with Gasteiger partial charge in [0.05, 0.1) is 11.9 Å². The van der Waals surface area contributed by atoms with E-state index in [4.69, 9.17) is 11.6 Å². The number of aryl methyl sites for hydroxylation is 1. The minimum Gasteiger partial charge on any atom is -0.350 e. The smallest absolute Gasteiger partial charge is 0.244 e. The van der Waals surface area contributed by atoms with Crippen molar-refractivity contribution in [1.82, 2.24) is 10.2 Å². The van der Waals surface area contributed by atoms with E-state index in [0.717, 1.165) is 27.3 Å². The summed E-state index contributed by atoms with van der Waals surface area (Å²) in [5, 5.41) is 3.42.